The zero-order valence-corrected chi connectivity index (χ0v) is 18.5. The third-order valence-electron chi connectivity index (χ3n) is 5.60. The van der Waals surface area contributed by atoms with E-state index in [1.807, 2.05) is 37.3 Å². The van der Waals surface area contributed by atoms with Crippen molar-refractivity contribution in [1.82, 2.24) is 0 Å². The normalized spacial score (nSPS) is 17.6. The second kappa shape index (κ2) is 9.99. The van der Waals surface area contributed by atoms with E-state index in [2.05, 4.69) is 40.8 Å². The molecule has 26 heavy (non-hydrogen) atoms. The first kappa shape index (κ1) is 23.3. The fraction of sp³-hybridized carbons (Fsp3) is 0.714. The molecule has 0 aliphatic carbocycles. The van der Waals surface area contributed by atoms with Crippen LogP contribution in [-0.2, 0) is 15.8 Å². The minimum Gasteiger partial charge on any atom is -0.413 e. The van der Waals surface area contributed by atoms with Crippen molar-refractivity contribution in [1.29, 1.82) is 0 Å². The van der Waals surface area contributed by atoms with Gasteiger partial charge in [0.05, 0.1) is 32.0 Å². The fourth-order valence-electron chi connectivity index (χ4n) is 2.68. The van der Waals surface area contributed by atoms with Gasteiger partial charge in [0, 0.05) is 11.8 Å². The van der Waals surface area contributed by atoms with Gasteiger partial charge in [-0.1, -0.05) is 65.0 Å². The predicted molar refractivity (Wildman–Crippen MR) is 110 cm³/mol. The van der Waals surface area contributed by atoms with Crippen LogP contribution in [0.15, 0.2) is 30.3 Å². The molecule has 0 saturated heterocycles. The molecule has 0 fully saturated rings. The van der Waals surface area contributed by atoms with Gasteiger partial charge in [0.1, 0.15) is 0 Å². The summed E-state index contributed by atoms with van der Waals surface area (Å²) in [7, 11) is -2.00. The van der Waals surface area contributed by atoms with E-state index in [1.165, 1.54) is 0 Å². The van der Waals surface area contributed by atoms with Crippen LogP contribution in [0, 0.1) is 11.8 Å². The van der Waals surface area contributed by atoms with Gasteiger partial charge in [0.2, 0.25) is 0 Å². The highest BCUT2D eigenvalue weighted by molar-refractivity contribution is 6.74. The Morgan fingerprint density at radius 1 is 1.08 bits per heavy atom. The van der Waals surface area contributed by atoms with Crippen molar-refractivity contribution in [2.24, 2.45) is 11.8 Å². The van der Waals surface area contributed by atoms with Crippen LogP contribution in [0.3, 0.4) is 0 Å². The van der Waals surface area contributed by atoms with Crippen LogP contribution >= 0.6 is 0 Å². The van der Waals surface area contributed by atoms with Crippen molar-refractivity contribution < 1.29 is 19.4 Å². The van der Waals surface area contributed by atoms with E-state index in [-0.39, 0.29) is 29.6 Å². The summed E-state index contributed by atoms with van der Waals surface area (Å²) in [5, 5.41) is 19.7. The molecule has 0 heterocycles. The van der Waals surface area contributed by atoms with Crippen molar-refractivity contribution in [2.45, 2.75) is 71.6 Å². The zero-order valence-electron chi connectivity index (χ0n) is 17.5. The van der Waals surface area contributed by atoms with Crippen LogP contribution < -0.4 is 0 Å². The molecule has 0 saturated carbocycles. The summed E-state index contributed by atoms with van der Waals surface area (Å²) in [6.07, 6.45) is -0.949. The largest absolute Gasteiger partial charge is 0.413 e. The monoisotopic (exact) mass is 382 g/mol. The lowest BCUT2D eigenvalue weighted by molar-refractivity contribution is -0.0424. The van der Waals surface area contributed by atoms with Gasteiger partial charge in [-0.3, -0.25) is 0 Å². The molecule has 4 nitrogen and oxygen atoms in total. The number of hydrogen-bond acceptors (Lipinski definition) is 4. The van der Waals surface area contributed by atoms with E-state index in [9.17, 15) is 10.2 Å². The Balaban J connectivity index is 2.79. The second-order valence-electron chi connectivity index (χ2n) is 8.93. The van der Waals surface area contributed by atoms with Crippen LogP contribution in [0.2, 0.25) is 18.1 Å². The van der Waals surface area contributed by atoms with E-state index in [1.54, 1.807) is 0 Å². The molecule has 2 N–H and O–H groups in total. The van der Waals surface area contributed by atoms with Crippen LogP contribution in [-0.4, -0.2) is 44.0 Å². The van der Waals surface area contributed by atoms with Gasteiger partial charge in [-0.05, 0) is 23.7 Å². The number of rotatable bonds is 10. The average Bonchev–Trinajstić information content (AvgIpc) is 2.58. The molecule has 0 aliphatic rings. The van der Waals surface area contributed by atoms with Crippen LogP contribution in [0.25, 0.3) is 0 Å². The van der Waals surface area contributed by atoms with E-state index in [4.69, 9.17) is 9.16 Å². The molecule has 0 aromatic heterocycles. The van der Waals surface area contributed by atoms with Gasteiger partial charge in [-0.15, -0.1) is 0 Å². The van der Waals surface area contributed by atoms with Crippen molar-refractivity contribution in [3.05, 3.63) is 35.9 Å². The molecule has 1 aromatic rings. The molecule has 0 spiro atoms. The van der Waals surface area contributed by atoms with Gasteiger partial charge >= 0.3 is 0 Å². The molecular weight excluding hydrogens is 344 g/mol. The minimum absolute atomic E-state index is 0.0831. The number of hydrogen-bond donors (Lipinski definition) is 2. The van der Waals surface area contributed by atoms with Gasteiger partial charge in [-0.25, -0.2) is 0 Å². The predicted octanol–water partition coefficient (Wildman–Crippen LogP) is 4.22. The molecule has 1 rings (SSSR count). The third kappa shape index (κ3) is 6.78. The van der Waals surface area contributed by atoms with Gasteiger partial charge in [0.25, 0.3) is 0 Å². The first-order valence-corrected chi connectivity index (χ1v) is 12.5. The van der Waals surface area contributed by atoms with Crippen LogP contribution in [0.5, 0.6) is 0 Å². The lowest BCUT2D eigenvalue weighted by Crippen LogP contribution is -2.50. The van der Waals surface area contributed by atoms with E-state index in [0.717, 1.165) is 5.56 Å². The summed E-state index contributed by atoms with van der Waals surface area (Å²) in [6.45, 7) is 16.0. The Morgan fingerprint density at radius 2 is 1.65 bits per heavy atom. The molecule has 1 aromatic carbocycles. The maximum Gasteiger partial charge on any atom is 0.192 e. The smallest absolute Gasteiger partial charge is 0.192 e. The average molecular weight is 383 g/mol. The van der Waals surface area contributed by atoms with Crippen molar-refractivity contribution >= 4 is 8.32 Å². The standard InChI is InChI=1S/C21H38O4Si/c1-16(14-24-15-18-11-9-8-10-12-18)20(17(2)19(23)13-22)25-26(6,7)21(3,4)5/h8-12,16-17,19-20,22-23H,13-15H2,1-7H3/t16-,17-,19-,20+/m0/s1. The lowest BCUT2D eigenvalue weighted by Gasteiger charge is -2.43. The fourth-order valence-corrected chi connectivity index (χ4v) is 4.16. The number of aliphatic hydroxyl groups is 2. The van der Waals surface area contributed by atoms with Crippen molar-refractivity contribution in [3.8, 4) is 0 Å². The Bertz CT molecular complexity index is 512. The molecular formula is C21H38O4Si. The Morgan fingerprint density at radius 3 is 2.15 bits per heavy atom. The van der Waals surface area contributed by atoms with E-state index in [0.29, 0.717) is 13.2 Å². The molecule has 4 atom stereocenters. The third-order valence-corrected chi connectivity index (χ3v) is 10.1. The molecule has 0 radical (unpaired) electrons. The van der Waals surface area contributed by atoms with Gasteiger partial charge in [0.15, 0.2) is 8.32 Å². The zero-order chi connectivity index (χ0) is 20.0. The van der Waals surface area contributed by atoms with Crippen LogP contribution in [0.4, 0.5) is 0 Å². The van der Waals surface area contributed by atoms with Gasteiger partial charge in [-0.2, -0.15) is 0 Å². The second-order valence-corrected chi connectivity index (χ2v) is 13.7. The number of ether oxygens (including phenoxy) is 1. The van der Waals surface area contributed by atoms with E-state index >= 15 is 0 Å². The first-order chi connectivity index (χ1) is 12.0. The molecule has 0 aliphatic heterocycles. The van der Waals surface area contributed by atoms with Crippen molar-refractivity contribution in [3.63, 3.8) is 0 Å². The maximum absolute atomic E-state index is 10.2. The highest BCUT2D eigenvalue weighted by Gasteiger charge is 2.42. The topological polar surface area (TPSA) is 58.9 Å². The maximum atomic E-state index is 10.2. The first-order valence-electron chi connectivity index (χ1n) is 9.58. The molecule has 0 bridgehead atoms. The highest BCUT2D eigenvalue weighted by Crippen LogP contribution is 2.39. The Labute approximate surface area is 160 Å². The highest BCUT2D eigenvalue weighted by atomic mass is 28.4. The summed E-state index contributed by atoms with van der Waals surface area (Å²) in [6, 6.07) is 10.1. The summed E-state index contributed by atoms with van der Waals surface area (Å²) < 4.78 is 12.6. The van der Waals surface area contributed by atoms with Crippen molar-refractivity contribution in [2.75, 3.05) is 13.2 Å². The summed E-state index contributed by atoms with van der Waals surface area (Å²) >= 11 is 0. The Kier molecular flexibility index (Phi) is 8.96. The molecule has 0 amide bonds. The van der Waals surface area contributed by atoms with E-state index < -0.39 is 14.4 Å². The van der Waals surface area contributed by atoms with Gasteiger partial charge < -0.3 is 19.4 Å². The SMILES string of the molecule is C[C@H]([C@H](O[Si](C)(C)C(C)(C)C)[C@@H](C)COCc1ccccc1)[C@@H](O)CO. The Hall–Kier alpha value is -0.723. The molecule has 5 heteroatoms. The quantitative estimate of drug-likeness (QED) is 0.595. The molecule has 0 unspecified atom stereocenters. The number of benzene rings is 1. The summed E-state index contributed by atoms with van der Waals surface area (Å²) in [4.78, 5) is 0. The van der Waals surface area contributed by atoms with Crippen LogP contribution in [0.1, 0.15) is 40.2 Å². The summed E-state index contributed by atoms with van der Waals surface area (Å²) in [5.41, 5.74) is 1.14. The summed E-state index contributed by atoms with van der Waals surface area (Å²) in [5.74, 6) is -0.0477. The molecule has 150 valence electrons. The lowest BCUT2D eigenvalue weighted by atomic mass is 9.90. The minimum atomic E-state index is -2.00. The number of aliphatic hydroxyl groups excluding tert-OH is 2.